The van der Waals surface area contributed by atoms with Crippen LogP contribution in [0.4, 0.5) is 5.69 Å². The largest absolute Gasteiger partial charge is 0.480 e. The second-order valence-corrected chi connectivity index (χ2v) is 10.1. The average Bonchev–Trinajstić information content (AvgIpc) is 3.48. The SMILES string of the molecule is O=C(O)CN(Sc1cc(Cl)cc(Cl)c1)c1ccc2c(ccn2-c2cc(-c3nccs3)cnn2)c1. The molecular weight excluding hydrogens is 513 g/mol. The Kier molecular flexibility index (Phi) is 6.42. The monoisotopic (exact) mass is 527 g/mol. The topological polar surface area (TPSA) is 84.1 Å². The van der Waals surface area contributed by atoms with Gasteiger partial charge in [0, 0.05) is 49.4 Å². The van der Waals surface area contributed by atoms with Crippen molar-refractivity contribution >= 4 is 69.0 Å². The zero-order chi connectivity index (χ0) is 23.7. The highest BCUT2D eigenvalue weighted by molar-refractivity contribution is 8.00. The molecule has 0 atom stereocenters. The molecule has 3 aromatic heterocycles. The Hall–Kier alpha value is -3.11. The van der Waals surface area contributed by atoms with E-state index in [-0.39, 0.29) is 6.54 Å². The van der Waals surface area contributed by atoms with E-state index in [4.69, 9.17) is 23.2 Å². The van der Waals surface area contributed by atoms with Gasteiger partial charge in [-0.2, -0.15) is 5.10 Å². The van der Waals surface area contributed by atoms with Crippen LogP contribution in [0.5, 0.6) is 0 Å². The first-order chi connectivity index (χ1) is 16.5. The summed E-state index contributed by atoms with van der Waals surface area (Å²) in [6, 6.07) is 14.8. The highest BCUT2D eigenvalue weighted by Gasteiger charge is 2.16. The summed E-state index contributed by atoms with van der Waals surface area (Å²) in [6.07, 6.45) is 5.36. The molecule has 0 bridgehead atoms. The molecule has 0 saturated carbocycles. The lowest BCUT2D eigenvalue weighted by Gasteiger charge is -2.22. The first kappa shape index (κ1) is 22.7. The Morgan fingerprint density at radius 2 is 1.94 bits per heavy atom. The van der Waals surface area contributed by atoms with E-state index in [1.807, 2.05) is 46.5 Å². The summed E-state index contributed by atoms with van der Waals surface area (Å²) in [5.41, 5.74) is 2.54. The minimum absolute atomic E-state index is 0.206. The third kappa shape index (κ3) is 4.88. The maximum Gasteiger partial charge on any atom is 0.324 e. The van der Waals surface area contributed by atoms with Crippen molar-refractivity contribution in [3.05, 3.63) is 82.5 Å². The van der Waals surface area contributed by atoms with Crippen LogP contribution >= 0.6 is 46.5 Å². The number of thiazole rings is 1. The molecule has 0 unspecified atom stereocenters. The number of hydrogen-bond donors (Lipinski definition) is 1. The van der Waals surface area contributed by atoms with Crippen molar-refractivity contribution in [3.63, 3.8) is 0 Å². The maximum atomic E-state index is 11.6. The normalized spacial score (nSPS) is 11.1. The van der Waals surface area contributed by atoms with E-state index >= 15 is 0 Å². The van der Waals surface area contributed by atoms with Gasteiger partial charge in [0.25, 0.3) is 0 Å². The summed E-state index contributed by atoms with van der Waals surface area (Å²) < 4.78 is 3.62. The van der Waals surface area contributed by atoms with Crippen molar-refractivity contribution in [2.24, 2.45) is 0 Å². The van der Waals surface area contributed by atoms with Crippen molar-refractivity contribution in [1.82, 2.24) is 19.7 Å². The van der Waals surface area contributed by atoms with Gasteiger partial charge in [0.15, 0.2) is 5.82 Å². The predicted octanol–water partition coefficient (Wildman–Crippen LogP) is 6.45. The molecular formula is C23H15Cl2N5O2S2. The van der Waals surface area contributed by atoms with Crippen LogP contribution in [0.1, 0.15) is 0 Å². The molecule has 0 aliphatic rings. The lowest BCUT2D eigenvalue weighted by atomic mass is 10.2. The number of fused-ring (bicyclic) bond motifs is 1. The fourth-order valence-electron chi connectivity index (χ4n) is 3.45. The number of halogens is 2. The molecule has 1 N–H and O–H groups in total. The first-order valence-corrected chi connectivity index (χ1v) is 12.3. The van der Waals surface area contributed by atoms with Gasteiger partial charge in [0.1, 0.15) is 11.6 Å². The minimum atomic E-state index is -0.951. The average molecular weight is 528 g/mol. The van der Waals surface area contributed by atoms with Gasteiger partial charge in [0.2, 0.25) is 0 Å². The molecule has 11 heteroatoms. The Balaban J connectivity index is 1.49. The van der Waals surface area contributed by atoms with Crippen LogP contribution < -0.4 is 4.31 Å². The number of benzene rings is 2. The van der Waals surface area contributed by atoms with Crippen LogP contribution in [0.3, 0.4) is 0 Å². The fourth-order valence-corrected chi connectivity index (χ4v) is 5.73. The number of nitrogens with zero attached hydrogens (tertiary/aromatic N) is 5. The van der Waals surface area contributed by atoms with Crippen LogP contribution in [0.2, 0.25) is 10.0 Å². The Morgan fingerprint density at radius 1 is 1.12 bits per heavy atom. The van der Waals surface area contributed by atoms with Gasteiger partial charge in [-0.3, -0.25) is 9.36 Å². The van der Waals surface area contributed by atoms with Crippen LogP contribution in [-0.4, -0.2) is 37.4 Å². The maximum absolute atomic E-state index is 11.6. The summed E-state index contributed by atoms with van der Waals surface area (Å²) >= 11 is 15.0. The summed E-state index contributed by atoms with van der Waals surface area (Å²) in [5.74, 6) is -0.284. The first-order valence-electron chi connectivity index (χ1n) is 9.94. The minimum Gasteiger partial charge on any atom is -0.480 e. The lowest BCUT2D eigenvalue weighted by Crippen LogP contribution is -2.22. The summed E-state index contributed by atoms with van der Waals surface area (Å²) in [6.45, 7) is -0.206. The second-order valence-electron chi connectivity index (χ2n) is 7.20. The number of hydrogen-bond acceptors (Lipinski definition) is 7. The van der Waals surface area contributed by atoms with Gasteiger partial charge < -0.3 is 9.41 Å². The fraction of sp³-hybridized carbons (Fsp3) is 0.0435. The standard InChI is InChI=1S/C23H15Cl2N5O2S2/c24-16-9-17(25)11-19(10-16)34-30(13-22(31)32)18-1-2-20-14(7-18)3-5-29(20)21-8-15(12-27-28-21)23-26-4-6-33-23/h1-12H,13H2,(H,31,32). The van der Waals surface area contributed by atoms with Crippen molar-refractivity contribution in [2.45, 2.75) is 4.90 Å². The van der Waals surface area contributed by atoms with Crippen molar-refractivity contribution in [1.29, 1.82) is 0 Å². The predicted molar refractivity (Wildman–Crippen MR) is 137 cm³/mol. The molecule has 3 heterocycles. The number of carboxylic acids is 1. The molecule has 0 aliphatic carbocycles. The van der Waals surface area contributed by atoms with Gasteiger partial charge in [-0.25, -0.2) is 4.98 Å². The molecule has 0 radical (unpaired) electrons. The van der Waals surface area contributed by atoms with Gasteiger partial charge >= 0.3 is 5.97 Å². The smallest absolute Gasteiger partial charge is 0.324 e. The van der Waals surface area contributed by atoms with Crippen molar-refractivity contribution in [3.8, 4) is 16.4 Å². The molecule has 0 fully saturated rings. The van der Waals surface area contributed by atoms with Crippen LogP contribution in [0.25, 0.3) is 27.3 Å². The Labute approximate surface area is 212 Å². The lowest BCUT2D eigenvalue weighted by molar-refractivity contribution is -0.135. The molecule has 170 valence electrons. The van der Waals surface area contributed by atoms with Gasteiger partial charge in [-0.05, 0) is 60.5 Å². The van der Waals surface area contributed by atoms with Crippen molar-refractivity contribution < 1.29 is 9.90 Å². The highest BCUT2D eigenvalue weighted by atomic mass is 35.5. The molecule has 2 aromatic carbocycles. The van der Waals surface area contributed by atoms with E-state index in [1.165, 1.54) is 23.3 Å². The molecule has 0 aliphatic heterocycles. The number of aliphatic carboxylic acids is 1. The number of carboxylic acid groups (broad SMARTS) is 1. The number of anilines is 1. The van der Waals surface area contributed by atoms with Crippen LogP contribution in [-0.2, 0) is 4.79 Å². The second kappa shape index (κ2) is 9.63. The molecule has 0 amide bonds. The Bertz CT molecular complexity index is 1470. The summed E-state index contributed by atoms with van der Waals surface area (Å²) in [7, 11) is 0. The number of rotatable bonds is 7. The number of carbonyl (C=O) groups is 1. The van der Waals surface area contributed by atoms with E-state index in [1.54, 1.807) is 34.9 Å². The third-order valence-corrected chi connectivity index (χ3v) is 7.13. The number of aromatic nitrogens is 4. The van der Waals surface area contributed by atoms with E-state index in [0.717, 1.165) is 32.1 Å². The zero-order valence-electron chi connectivity index (χ0n) is 17.3. The summed E-state index contributed by atoms with van der Waals surface area (Å²) in [4.78, 5) is 16.6. The van der Waals surface area contributed by atoms with Gasteiger partial charge in [0.05, 0.1) is 11.7 Å². The molecule has 7 nitrogen and oxygen atoms in total. The van der Waals surface area contributed by atoms with Crippen LogP contribution in [0.15, 0.2) is 77.4 Å². The summed E-state index contributed by atoms with van der Waals surface area (Å²) in [5, 5.41) is 22.6. The van der Waals surface area contributed by atoms with Gasteiger partial charge in [-0.15, -0.1) is 16.4 Å². The Morgan fingerprint density at radius 3 is 2.68 bits per heavy atom. The van der Waals surface area contributed by atoms with Gasteiger partial charge in [-0.1, -0.05) is 23.2 Å². The quantitative estimate of drug-likeness (QED) is 0.243. The van der Waals surface area contributed by atoms with E-state index in [9.17, 15) is 9.90 Å². The molecule has 34 heavy (non-hydrogen) atoms. The van der Waals surface area contributed by atoms with Crippen LogP contribution in [0, 0.1) is 0 Å². The van der Waals surface area contributed by atoms with Crippen molar-refractivity contribution in [2.75, 3.05) is 10.8 Å². The molecule has 5 rings (SSSR count). The molecule has 5 aromatic rings. The van der Waals surface area contributed by atoms with E-state index < -0.39 is 5.97 Å². The third-order valence-electron chi connectivity index (χ3n) is 4.86. The molecule has 0 spiro atoms. The van der Waals surface area contributed by atoms with E-state index in [0.29, 0.717) is 15.9 Å². The van der Waals surface area contributed by atoms with E-state index in [2.05, 4.69) is 15.2 Å². The zero-order valence-corrected chi connectivity index (χ0v) is 20.4. The highest BCUT2D eigenvalue weighted by Crippen LogP contribution is 2.34. The molecule has 0 saturated heterocycles.